The van der Waals surface area contributed by atoms with Gasteiger partial charge in [0.05, 0.1) is 7.11 Å². The molecule has 0 radical (unpaired) electrons. The lowest BCUT2D eigenvalue weighted by Gasteiger charge is -2.22. The number of nitrogens with zero attached hydrogens (tertiary/aromatic N) is 2. The van der Waals surface area contributed by atoms with Gasteiger partial charge in [0.15, 0.2) is 5.96 Å². The summed E-state index contributed by atoms with van der Waals surface area (Å²) in [7, 11) is 5.58. The molecule has 0 aliphatic carbocycles. The summed E-state index contributed by atoms with van der Waals surface area (Å²) in [5.41, 5.74) is 1.21. The van der Waals surface area contributed by atoms with E-state index >= 15 is 0 Å². The molecule has 0 saturated carbocycles. The molecule has 0 amide bonds. The first-order valence-corrected chi connectivity index (χ1v) is 7.37. The Labute approximate surface area is 128 Å². The summed E-state index contributed by atoms with van der Waals surface area (Å²) >= 11 is 0. The largest absolute Gasteiger partial charge is 0.496 e. The molecule has 0 unspecified atom stereocenters. The molecule has 1 aromatic carbocycles. The van der Waals surface area contributed by atoms with E-state index in [0.717, 1.165) is 44.1 Å². The van der Waals surface area contributed by atoms with Crippen LogP contribution < -0.4 is 10.1 Å². The zero-order valence-corrected chi connectivity index (χ0v) is 13.4. The highest BCUT2D eigenvalue weighted by Gasteiger charge is 2.06. The predicted molar refractivity (Wildman–Crippen MR) is 90.1 cm³/mol. The van der Waals surface area contributed by atoms with Gasteiger partial charge in [-0.15, -0.1) is 6.58 Å². The van der Waals surface area contributed by atoms with Crippen LogP contribution in [0.1, 0.15) is 18.4 Å². The maximum atomic E-state index is 5.36. The van der Waals surface area contributed by atoms with Gasteiger partial charge in [0.1, 0.15) is 5.75 Å². The lowest BCUT2D eigenvalue weighted by Crippen LogP contribution is -2.40. The predicted octanol–water partition coefficient (Wildman–Crippen LogP) is 2.71. The number of ether oxygens (including phenoxy) is 1. The molecule has 0 fully saturated rings. The van der Waals surface area contributed by atoms with E-state index in [1.165, 1.54) is 5.56 Å². The molecule has 0 aliphatic heterocycles. The zero-order chi connectivity index (χ0) is 15.5. The highest BCUT2D eigenvalue weighted by Crippen LogP contribution is 2.17. The highest BCUT2D eigenvalue weighted by atomic mass is 16.5. The number of nitrogens with one attached hydrogen (secondary N) is 1. The number of guanidine groups is 1. The summed E-state index contributed by atoms with van der Waals surface area (Å²) in [4.78, 5) is 6.46. The molecule has 1 N–H and O–H groups in total. The van der Waals surface area contributed by atoms with Gasteiger partial charge in [-0.05, 0) is 30.9 Å². The Hall–Kier alpha value is -1.97. The Morgan fingerprint density at radius 3 is 2.86 bits per heavy atom. The fraction of sp³-hybridized carbons (Fsp3) is 0.471. The average Bonchev–Trinajstić information content (AvgIpc) is 2.52. The Morgan fingerprint density at radius 2 is 2.19 bits per heavy atom. The van der Waals surface area contributed by atoms with Crippen LogP contribution in [0.25, 0.3) is 0 Å². The van der Waals surface area contributed by atoms with Crippen LogP contribution in [-0.2, 0) is 6.42 Å². The van der Waals surface area contributed by atoms with Crippen molar-refractivity contribution in [1.29, 1.82) is 0 Å². The number of para-hydroxylation sites is 1. The van der Waals surface area contributed by atoms with Gasteiger partial charge < -0.3 is 15.0 Å². The number of methoxy groups -OCH3 is 1. The zero-order valence-electron chi connectivity index (χ0n) is 13.4. The van der Waals surface area contributed by atoms with E-state index in [9.17, 15) is 0 Å². The first kappa shape index (κ1) is 17.1. The van der Waals surface area contributed by atoms with Crippen molar-refractivity contribution in [2.24, 2.45) is 4.99 Å². The highest BCUT2D eigenvalue weighted by molar-refractivity contribution is 5.79. The SMILES string of the molecule is C=CCCCN(C)C(=NC)NCCc1ccccc1OC. The fourth-order valence-electron chi connectivity index (χ4n) is 2.18. The normalized spacial score (nSPS) is 11.1. The molecule has 1 aromatic rings. The van der Waals surface area contributed by atoms with E-state index in [1.54, 1.807) is 7.11 Å². The minimum atomic E-state index is 0.832. The van der Waals surface area contributed by atoms with Crippen molar-refractivity contribution in [2.45, 2.75) is 19.3 Å². The number of unbranched alkanes of at least 4 members (excludes halogenated alkanes) is 1. The lowest BCUT2D eigenvalue weighted by atomic mass is 10.1. The van der Waals surface area contributed by atoms with Gasteiger partial charge in [-0.25, -0.2) is 0 Å². The Kier molecular flexibility index (Phi) is 8.02. The Bertz CT molecular complexity index is 457. The third-order valence-electron chi connectivity index (χ3n) is 3.35. The monoisotopic (exact) mass is 289 g/mol. The van der Waals surface area contributed by atoms with Crippen molar-refractivity contribution in [3.8, 4) is 5.75 Å². The van der Waals surface area contributed by atoms with Crippen LogP contribution in [0.15, 0.2) is 41.9 Å². The second kappa shape index (κ2) is 9.86. The maximum absolute atomic E-state index is 5.36. The van der Waals surface area contributed by atoms with Crippen molar-refractivity contribution in [3.05, 3.63) is 42.5 Å². The maximum Gasteiger partial charge on any atom is 0.193 e. The second-order valence-electron chi connectivity index (χ2n) is 4.89. The molecular formula is C17H27N3O. The van der Waals surface area contributed by atoms with Crippen LogP contribution in [0.2, 0.25) is 0 Å². The summed E-state index contributed by atoms with van der Waals surface area (Å²) in [6.07, 6.45) is 4.98. The number of rotatable bonds is 8. The van der Waals surface area contributed by atoms with Gasteiger partial charge >= 0.3 is 0 Å². The van der Waals surface area contributed by atoms with Gasteiger partial charge in [0.2, 0.25) is 0 Å². The van der Waals surface area contributed by atoms with Crippen LogP contribution in [0.3, 0.4) is 0 Å². The molecule has 4 heteroatoms. The topological polar surface area (TPSA) is 36.9 Å². The van der Waals surface area contributed by atoms with Gasteiger partial charge in [0, 0.05) is 27.2 Å². The Balaban J connectivity index is 2.43. The molecule has 0 bridgehead atoms. The Morgan fingerprint density at radius 1 is 1.43 bits per heavy atom. The summed E-state index contributed by atoms with van der Waals surface area (Å²) in [5.74, 6) is 1.86. The first-order chi connectivity index (χ1) is 10.2. The summed E-state index contributed by atoms with van der Waals surface area (Å²) in [5, 5.41) is 3.39. The first-order valence-electron chi connectivity index (χ1n) is 7.37. The minimum Gasteiger partial charge on any atom is -0.496 e. The summed E-state index contributed by atoms with van der Waals surface area (Å²) in [6, 6.07) is 8.11. The molecule has 21 heavy (non-hydrogen) atoms. The molecule has 4 nitrogen and oxygen atoms in total. The van der Waals surface area contributed by atoms with E-state index in [0.29, 0.717) is 0 Å². The van der Waals surface area contributed by atoms with Crippen molar-refractivity contribution in [3.63, 3.8) is 0 Å². The fourth-order valence-corrected chi connectivity index (χ4v) is 2.18. The van der Waals surface area contributed by atoms with Crippen molar-refractivity contribution in [2.75, 3.05) is 34.3 Å². The third kappa shape index (κ3) is 5.90. The molecule has 0 aliphatic rings. The van der Waals surface area contributed by atoms with Gasteiger partial charge in [-0.2, -0.15) is 0 Å². The molecule has 0 saturated heterocycles. The van der Waals surface area contributed by atoms with Gasteiger partial charge in [0.25, 0.3) is 0 Å². The quantitative estimate of drug-likeness (QED) is 0.346. The van der Waals surface area contributed by atoms with Crippen molar-refractivity contribution in [1.82, 2.24) is 10.2 Å². The number of hydrogen-bond donors (Lipinski definition) is 1. The molecular weight excluding hydrogens is 262 g/mol. The second-order valence-corrected chi connectivity index (χ2v) is 4.89. The van der Waals surface area contributed by atoms with E-state index in [2.05, 4.69) is 34.9 Å². The van der Waals surface area contributed by atoms with Crippen molar-refractivity contribution < 1.29 is 4.74 Å². The molecule has 0 atom stereocenters. The molecule has 116 valence electrons. The molecule has 0 spiro atoms. The molecule has 0 aromatic heterocycles. The van der Waals surface area contributed by atoms with E-state index in [-0.39, 0.29) is 0 Å². The summed E-state index contributed by atoms with van der Waals surface area (Å²) < 4.78 is 5.36. The van der Waals surface area contributed by atoms with Gasteiger partial charge in [-0.1, -0.05) is 24.3 Å². The van der Waals surface area contributed by atoms with Gasteiger partial charge in [-0.3, -0.25) is 4.99 Å². The van der Waals surface area contributed by atoms with E-state index in [1.807, 2.05) is 31.3 Å². The molecule has 1 rings (SSSR count). The van der Waals surface area contributed by atoms with Crippen LogP contribution in [0, 0.1) is 0 Å². The van der Waals surface area contributed by atoms with Crippen LogP contribution in [-0.4, -0.2) is 45.2 Å². The lowest BCUT2D eigenvalue weighted by molar-refractivity contribution is 0.409. The van der Waals surface area contributed by atoms with Crippen molar-refractivity contribution >= 4 is 5.96 Å². The van der Waals surface area contributed by atoms with Crippen LogP contribution in [0.5, 0.6) is 5.75 Å². The third-order valence-corrected chi connectivity index (χ3v) is 3.35. The van der Waals surface area contributed by atoms with E-state index < -0.39 is 0 Å². The average molecular weight is 289 g/mol. The smallest absolute Gasteiger partial charge is 0.193 e. The standard InChI is InChI=1S/C17H27N3O/c1-5-6-9-14-20(3)17(18-2)19-13-12-15-10-7-8-11-16(15)21-4/h5,7-8,10-11H,1,6,9,12-14H2,2-4H3,(H,18,19). The van der Waals surface area contributed by atoms with Crippen LogP contribution in [0.4, 0.5) is 0 Å². The number of hydrogen-bond acceptors (Lipinski definition) is 2. The minimum absolute atomic E-state index is 0.832. The number of aliphatic imine (C=N–C) groups is 1. The number of allylic oxidation sites excluding steroid dienone is 1. The van der Waals surface area contributed by atoms with E-state index in [4.69, 9.17) is 4.74 Å². The molecule has 0 heterocycles. The summed E-state index contributed by atoms with van der Waals surface area (Å²) in [6.45, 7) is 5.55. The number of benzene rings is 1. The van der Waals surface area contributed by atoms with Crippen LogP contribution >= 0.6 is 0 Å².